The molecule has 1 aromatic carbocycles. The van der Waals surface area contributed by atoms with Gasteiger partial charge in [-0.3, -0.25) is 4.79 Å². The third-order valence-electron chi connectivity index (χ3n) is 3.50. The van der Waals surface area contributed by atoms with E-state index in [0.717, 1.165) is 26.1 Å². The van der Waals surface area contributed by atoms with Gasteiger partial charge in [0, 0.05) is 25.7 Å². The highest BCUT2D eigenvalue weighted by atomic mass is 16.5. The summed E-state index contributed by atoms with van der Waals surface area (Å²) in [7, 11) is 3.17. The summed E-state index contributed by atoms with van der Waals surface area (Å²) >= 11 is 0. The van der Waals surface area contributed by atoms with Crippen LogP contribution in [0.5, 0.6) is 11.5 Å². The van der Waals surface area contributed by atoms with E-state index in [1.54, 1.807) is 32.4 Å². The van der Waals surface area contributed by atoms with Gasteiger partial charge in [0.2, 0.25) is 5.91 Å². The topological polar surface area (TPSA) is 56.8 Å². The number of methoxy groups -OCH3 is 2. The van der Waals surface area contributed by atoms with Crippen molar-refractivity contribution in [2.24, 2.45) is 5.92 Å². The number of amides is 1. The number of benzene rings is 1. The second kappa shape index (κ2) is 7.14. The molecular weight excluding hydrogens is 258 g/mol. The lowest BCUT2D eigenvalue weighted by atomic mass is 9.96. The van der Waals surface area contributed by atoms with E-state index in [0.29, 0.717) is 29.5 Å². The Bertz CT molecular complexity index is 455. The normalized spacial score (nSPS) is 15.7. The molecule has 1 saturated heterocycles. The van der Waals surface area contributed by atoms with Crippen molar-refractivity contribution in [2.45, 2.75) is 19.3 Å². The average molecular weight is 279 g/mol. The number of anilines is 1. The molecule has 2 rings (SSSR count). The third-order valence-corrected chi connectivity index (χ3v) is 3.50. The molecule has 0 bridgehead atoms. The number of ether oxygens (including phenoxy) is 3. The van der Waals surface area contributed by atoms with Gasteiger partial charge in [0.15, 0.2) is 0 Å². The Kier molecular flexibility index (Phi) is 5.24. The van der Waals surface area contributed by atoms with Crippen molar-refractivity contribution in [3.8, 4) is 11.5 Å². The monoisotopic (exact) mass is 279 g/mol. The van der Waals surface area contributed by atoms with E-state index in [2.05, 4.69) is 5.32 Å². The summed E-state index contributed by atoms with van der Waals surface area (Å²) in [5.74, 6) is 1.72. The van der Waals surface area contributed by atoms with Gasteiger partial charge in [-0.05, 0) is 30.9 Å². The number of rotatable bonds is 5. The molecule has 1 aromatic rings. The fraction of sp³-hybridized carbons (Fsp3) is 0.533. The number of hydrogen-bond acceptors (Lipinski definition) is 4. The molecular formula is C15H21NO4. The van der Waals surface area contributed by atoms with Crippen LogP contribution in [0.1, 0.15) is 19.3 Å². The van der Waals surface area contributed by atoms with Crippen LogP contribution in [0.15, 0.2) is 18.2 Å². The van der Waals surface area contributed by atoms with Crippen LogP contribution in [0.4, 0.5) is 5.69 Å². The van der Waals surface area contributed by atoms with Crippen molar-refractivity contribution in [2.75, 3.05) is 32.8 Å². The quantitative estimate of drug-likeness (QED) is 0.899. The standard InChI is InChI=1S/C15H21NO4/c1-18-12-3-4-13(14(10-12)19-2)16-15(17)9-11-5-7-20-8-6-11/h3-4,10-11H,5-9H2,1-2H3,(H,16,17). The highest BCUT2D eigenvalue weighted by Crippen LogP contribution is 2.29. The van der Waals surface area contributed by atoms with Crippen molar-refractivity contribution in [1.29, 1.82) is 0 Å². The van der Waals surface area contributed by atoms with Crippen LogP contribution in [0.2, 0.25) is 0 Å². The second-order valence-electron chi connectivity index (χ2n) is 4.87. The van der Waals surface area contributed by atoms with Crippen LogP contribution >= 0.6 is 0 Å². The molecule has 1 N–H and O–H groups in total. The highest BCUT2D eigenvalue weighted by Gasteiger charge is 2.18. The predicted octanol–water partition coefficient (Wildman–Crippen LogP) is 2.46. The first-order valence-corrected chi connectivity index (χ1v) is 6.82. The maximum absolute atomic E-state index is 12.1. The van der Waals surface area contributed by atoms with Gasteiger partial charge < -0.3 is 19.5 Å². The Morgan fingerprint density at radius 3 is 2.70 bits per heavy atom. The van der Waals surface area contributed by atoms with E-state index < -0.39 is 0 Å². The first kappa shape index (κ1) is 14.7. The molecule has 5 nitrogen and oxygen atoms in total. The smallest absolute Gasteiger partial charge is 0.224 e. The Morgan fingerprint density at radius 2 is 2.05 bits per heavy atom. The van der Waals surface area contributed by atoms with Gasteiger partial charge in [-0.25, -0.2) is 0 Å². The van der Waals surface area contributed by atoms with E-state index in [-0.39, 0.29) is 5.91 Å². The lowest BCUT2D eigenvalue weighted by Gasteiger charge is -2.21. The predicted molar refractivity (Wildman–Crippen MR) is 76.3 cm³/mol. The molecule has 0 radical (unpaired) electrons. The van der Waals surface area contributed by atoms with E-state index >= 15 is 0 Å². The Hall–Kier alpha value is -1.75. The highest BCUT2D eigenvalue weighted by molar-refractivity contribution is 5.92. The largest absolute Gasteiger partial charge is 0.497 e. The van der Waals surface area contributed by atoms with Crippen LogP contribution in [0.25, 0.3) is 0 Å². The van der Waals surface area contributed by atoms with Crippen molar-refractivity contribution in [3.05, 3.63) is 18.2 Å². The zero-order valence-electron chi connectivity index (χ0n) is 12.0. The molecule has 1 heterocycles. The van der Waals surface area contributed by atoms with Crippen molar-refractivity contribution < 1.29 is 19.0 Å². The van der Waals surface area contributed by atoms with Gasteiger partial charge in [-0.1, -0.05) is 0 Å². The molecule has 1 aliphatic heterocycles. The minimum absolute atomic E-state index is 0.0142. The summed E-state index contributed by atoms with van der Waals surface area (Å²) in [5.41, 5.74) is 0.672. The van der Waals surface area contributed by atoms with Crippen LogP contribution in [0, 0.1) is 5.92 Å². The Labute approximate surface area is 119 Å². The minimum Gasteiger partial charge on any atom is -0.497 e. The first-order chi connectivity index (χ1) is 9.72. The molecule has 0 unspecified atom stereocenters. The van der Waals surface area contributed by atoms with E-state index in [9.17, 15) is 4.79 Å². The van der Waals surface area contributed by atoms with Gasteiger partial charge in [-0.2, -0.15) is 0 Å². The van der Waals surface area contributed by atoms with Crippen molar-refractivity contribution in [3.63, 3.8) is 0 Å². The molecule has 1 aliphatic rings. The fourth-order valence-electron chi connectivity index (χ4n) is 2.32. The number of carbonyl (C=O) groups excluding carboxylic acids is 1. The van der Waals surface area contributed by atoms with Gasteiger partial charge >= 0.3 is 0 Å². The minimum atomic E-state index is 0.0142. The van der Waals surface area contributed by atoms with E-state index in [1.807, 2.05) is 0 Å². The Morgan fingerprint density at radius 1 is 1.30 bits per heavy atom. The SMILES string of the molecule is COc1ccc(NC(=O)CC2CCOCC2)c(OC)c1. The van der Waals surface area contributed by atoms with Crippen molar-refractivity contribution in [1.82, 2.24) is 0 Å². The van der Waals surface area contributed by atoms with Gasteiger partial charge in [-0.15, -0.1) is 0 Å². The second-order valence-corrected chi connectivity index (χ2v) is 4.87. The summed E-state index contributed by atoms with van der Waals surface area (Å²) in [5, 5.41) is 2.90. The van der Waals surface area contributed by atoms with Crippen LogP contribution in [0.3, 0.4) is 0 Å². The van der Waals surface area contributed by atoms with Gasteiger partial charge in [0.25, 0.3) is 0 Å². The van der Waals surface area contributed by atoms with Gasteiger partial charge in [0.05, 0.1) is 19.9 Å². The first-order valence-electron chi connectivity index (χ1n) is 6.82. The molecule has 20 heavy (non-hydrogen) atoms. The molecule has 0 aliphatic carbocycles. The molecule has 1 amide bonds. The van der Waals surface area contributed by atoms with E-state index in [1.165, 1.54) is 0 Å². The summed E-state index contributed by atoms with van der Waals surface area (Å²) in [6.45, 7) is 1.51. The molecule has 5 heteroatoms. The van der Waals surface area contributed by atoms with Crippen LogP contribution in [-0.4, -0.2) is 33.3 Å². The molecule has 110 valence electrons. The molecule has 0 aromatic heterocycles. The maximum Gasteiger partial charge on any atom is 0.224 e. The van der Waals surface area contributed by atoms with Gasteiger partial charge in [0.1, 0.15) is 11.5 Å². The zero-order chi connectivity index (χ0) is 14.4. The van der Waals surface area contributed by atoms with Crippen molar-refractivity contribution >= 4 is 11.6 Å². The fourth-order valence-corrected chi connectivity index (χ4v) is 2.32. The maximum atomic E-state index is 12.1. The lowest BCUT2D eigenvalue weighted by Crippen LogP contribution is -2.22. The molecule has 0 spiro atoms. The molecule has 1 fully saturated rings. The Balaban J connectivity index is 1.96. The summed E-state index contributed by atoms with van der Waals surface area (Å²) < 4.78 is 15.7. The third kappa shape index (κ3) is 3.87. The number of hydrogen-bond donors (Lipinski definition) is 1. The summed E-state index contributed by atoms with van der Waals surface area (Å²) in [4.78, 5) is 12.1. The summed E-state index contributed by atoms with van der Waals surface area (Å²) in [6.07, 6.45) is 2.43. The number of carbonyl (C=O) groups is 1. The number of nitrogens with one attached hydrogen (secondary N) is 1. The van der Waals surface area contributed by atoms with E-state index in [4.69, 9.17) is 14.2 Å². The molecule has 0 saturated carbocycles. The summed E-state index contributed by atoms with van der Waals surface area (Å²) in [6, 6.07) is 5.34. The molecule has 0 atom stereocenters. The zero-order valence-corrected chi connectivity index (χ0v) is 12.0. The van der Waals surface area contributed by atoms with Crippen LogP contribution in [-0.2, 0) is 9.53 Å². The average Bonchev–Trinajstić information content (AvgIpc) is 2.48. The lowest BCUT2D eigenvalue weighted by molar-refractivity contribution is -0.117. The van der Waals surface area contributed by atoms with Crippen LogP contribution < -0.4 is 14.8 Å².